The molecule has 0 radical (unpaired) electrons. The molecule has 1 heterocycles. The second-order valence-electron chi connectivity index (χ2n) is 5.84. The van der Waals surface area contributed by atoms with Crippen LogP contribution in [0.25, 0.3) is 0 Å². The van der Waals surface area contributed by atoms with E-state index < -0.39 is 11.9 Å². The molecule has 0 unspecified atom stereocenters. The number of nitrogens with zero attached hydrogens (tertiary/aromatic N) is 1. The monoisotopic (exact) mass is 429 g/mol. The van der Waals surface area contributed by atoms with E-state index in [1.807, 2.05) is 0 Å². The Morgan fingerprint density at radius 2 is 1.38 bits per heavy atom. The standard InChI is InChI=1S/C19H16ClN5O3S/c1-11(26)21-13-6-8-14(9-7-13)22-17(27)16-10-29-19(24-16)25-18(28)23-15-4-2-12(20)3-5-15/h2-10H,1H3,(H,21,26)(H,22,27)(H2,23,24,25,28). The second kappa shape index (κ2) is 9.18. The van der Waals surface area contributed by atoms with E-state index in [-0.39, 0.29) is 16.7 Å². The SMILES string of the molecule is CC(=O)Nc1ccc(NC(=O)c2csc(NC(=O)Nc3ccc(Cl)cc3)n2)cc1. The number of thiazole rings is 1. The van der Waals surface area contributed by atoms with E-state index in [2.05, 4.69) is 26.3 Å². The van der Waals surface area contributed by atoms with Crippen LogP contribution in [-0.2, 0) is 4.79 Å². The summed E-state index contributed by atoms with van der Waals surface area (Å²) in [7, 11) is 0. The molecule has 0 aliphatic heterocycles. The van der Waals surface area contributed by atoms with E-state index in [0.29, 0.717) is 22.1 Å². The van der Waals surface area contributed by atoms with Crippen molar-refractivity contribution in [3.05, 3.63) is 64.6 Å². The van der Waals surface area contributed by atoms with Crippen molar-refractivity contribution < 1.29 is 14.4 Å². The number of urea groups is 1. The van der Waals surface area contributed by atoms with Crippen molar-refractivity contribution in [2.45, 2.75) is 6.92 Å². The van der Waals surface area contributed by atoms with Gasteiger partial charge in [0.2, 0.25) is 5.91 Å². The molecule has 0 saturated heterocycles. The topological polar surface area (TPSA) is 112 Å². The van der Waals surface area contributed by atoms with Crippen LogP contribution in [-0.4, -0.2) is 22.8 Å². The number of anilines is 4. The molecule has 3 aromatic rings. The van der Waals surface area contributed by atoms with Gasteiger partial charge < -0.3 is 16.0 Å². The number of benzene rings is 2. The van der Waals surface area contributed by atoms with Gasteiger partial charge in [-0.15, -0.1) is 11.3 Å². The van der Waals surface area contributed by atoms with Crippen LogP contribution in [0, 0.1) is 0 Å². The first kappa shape index (κ1) is 20.3. The van der Waals surface area contributed by atoms with Crippen molar-refractivity contribution in [3.63, 3.8) is 0 Å². The molecule has 2 aromatic carbocycles. The summed E-state index contributed by atoms with van der Waals surface area (Å²) in [5.41, 5.74) is 1.92. The zero-order valence-corrected chi connectivity index (χ0v) is 16.7. The Labute approximate surface area is 175 Å². The third kappa shape index (κ3) is 6.03. The maximum atomic E-state index is 12.3. The third-order valence-corrected chi connectivity index (χ3v) is 4.53. The zero-order chi connectivity index (χ0) is 20.8. The van der Waals surface area contributed by atoms with E-state index in [0.717, 1.165) is 11.3 Å². The van der Waals surface area contributed by atoms with Crippen molar-refractivity contribution in [2.75, 3.05) is 21.3 Å². The minimum absolute atomic E-state index is 0.169. The Morgan fingerprint density at radius 3 is 2.00 bits per heavy atom. The first-order valence-electron chi connectivity index (χ1n) is 8.37. The van der Waals surface area contributed by atoms with E-state index in [1.165, 1.54) is 6.92 Å². The Morgan fingerprint density at radius 1 is 0.828 bits per heavy atom. The number of amides is 4. The summed E-state index contributed by atoms with van der Waals surface area (Å²) in [5, 5.41) is 12.9. The zero-order valence-electron chi connectivity index (χ0n) is 15.2. The first-order chi connectivity index (χ1) is 13.9. The van der Waals surface area contributed by atoms with Gasteiger partial charge in [0.15, 0.2) is 5.13 Å². The smallest absolute Gasteiger partial charge is 0.325 e. The van der Waals surface area contributed by atoms with Gasteiger partial charge in [-0.2, -0.15) is 0 Å². The predicted molar refractivity (Wildman–Crippen MR) is 115 cm³/mol. The molecule has 29 heavy (non-hydrogen) atoms. The van der Waals surface area contributed by atoms with E-state index in [4.69, 9.17) is 11.6 Å². The van der Waals surface area contributed by atoms with Crippen molar-refractivity contribution in [2.24, 2.45) is 0 Å². The number of rotatable bonds is 5. The van der Waals surface area contributed by atoms with Crippen LogP contribution in [0.5, 0.6) is 0 Å². The van der Waals surface area contributed by atoms with Crippen LogP contribution < -0.4 is 21.3 Å². The predicted octanol–water partition coefficient (Wildman–Crippen LogP) is 4.65. The van der Waals surface area contributed by atoms with E-state index in [1.54, 1.807) is 53.9 Å². The molecule has 0 aliphatic carbocycles. The molecule has 0 fully saturated rings. The maximum absolute atomic E-state index is 12.3. The number of hydrogen-bond acceptors (Lipinski definition) is 5. The Kier molecular flexibility index (Phi) is 6.43. The van der Waals surface area contributed by atoms with Gasteiger partial charge in [0.05, 0.1) is 0 Å². The summed E-state index contributed by atoms with van der Waals surface area (Å²) in [6.07, 6.45) is 0. The highest BCUT2D eigenvalue weighted by atomic mass is 35.5. The average molecular weight is 430 g/mol. The van der Waals surface area contributed by atoms with Crippen LogP contribution in [0.2, 0.25) is 5.02 Å². The van der Waals surface area contributed by atoms with Crippen LogP contribution in [0.15, 0.2) is 53.9 Å². The fourth-order valence-electron chi connectivity index (χ4n) is 2.26. The van der Waals surface area contributed by atoms with Crippen molar-refractivity contribution in [3.8, 4) is 0 Å². The van der Waals surface area contributed by atoms with Crippen molar-refractivity contribution in [1.29, 1.82) is 0 Å². The Hall–Kier alpha value is -3.43. The molecule has 3 rings (SSSR count). The third-order valence-electron chi connectivity index (χ3n) is 3.52. The Balaban J connectivity index is 1.55. The number of aromatic nitrogens is 1. The van der Waals surface area contributed by atoms with Crippen LogP contribution in [0.3, 0.4) is 0 Å². The summed E-state index contributed by atoms with van der Waals surface area (Å²) in [6, 6.07) is 12.8. The van der Waals surface area contributed by atoms with Gasteiger partial charge in [0, 0.05) is 34.4 Å². The number of nitrogens with one attached hydrogen (secondary N) is 4. The van der Waals surface area contributed by atoms with E-state index in [9.17, 15) is 14.4 Å². The van der Waals surface area contributed by atoms with Gasteiger partial charge in [-0.3, -0.25) is 14.9 Å². The van der Waals surface area contributed by atoms with Gasteiger partial charge >= 0.3 is 6.03 Å². The highest BCUT2D eigenvalue weighted by Crippen LogP contribution is 2.19. The van der Waals surface area contributed by atoms with Crippen molar-refractivity contribution in [1.82, 2.24) is 4.98 Å². The summed E-state index contributed by atoms with van der Waals surface area (Å²) in [6.45, 7) is 1.42. The minimum atomic E-state index is -0.484. The summed E-state index contributed by atoms with van der Waals surface area (Å²) < 4.78 is 0. The molecular formula is C19H16ClN5O3S. The molecule has 4 N–H and O–H groups in total. The molecule has 4 amide bonds. The van der Waals surface area contributed by atoms with Crippen molar-refractivity contribution >= 4 is 63.0 Å². The van der Waals surface area contributed by atoms with Crippen LogP contribution in [0.4, 0.5) is 27.0 Å². The number of carbonyl (C=O) groups excluding carboxylic acids is 3. The molecule has 148 valence electrons. The molecule has 0 bridgehead atoms. The molecule has 10 heteroatoms. The molecular weight excluding hydrogens is 414 g/mol. The minimum Gasteiger partial charge on any atom is -0.326 e. The largest absolute Gasteiger partial charge is 0.326 e. The lowest BCUT2D eigenvalue weighted by Crippen LogP contribution is -2.19. The second-order valence-corrected chi connectivity index (χ2v) is 7.13. The van der Waals surface area contributed by atoms with Crippen LogP contribution >= 0.6 is 22.9 Å². The van der Waals surface area contributed by atoms with Gasteiger partial charge in [-0.25, -0.2) is 9.78 Å². The van der Waals surface area contributed by atoms with Crippen LogP contribution in [0.1, 0.15) is 17.4 Å². The summed E-state index contributed by atoms with van der Waals surface area (Å²) >= 11 is 6.93. The fourth-order valence-corrected chi connectivity index (χ4v) is 3.08. The number of halogens is 1. The normalized spacial score (nSPS) is 10.1. The van der Waals surface area contributed by atoms with Gasteiger partial charge in [0.25, 0.3) is 5.91 Å². The lowest BCUT2D eigenvalue weighted by atomic mass is 10.2. The number of hydrogen-bond donors (Lipinski definition) is 4. The highest BCUT2D eigenvalue weighted by Gasteiger charge is 2.13. The van der Waals surface area contributed by atoms with E-state index >= 15 is 0 Å². The summed E-state index contributed by atoms with van der Waals surface area (Å²) in [5.74, 6) is -0.593. The number of carbonyl (C=O) groups is 3. The molecule has 0 atom stereocenters. The summed E-state index contributed by atoms with van der Waals surface area (Å²) in [4.78, 5) is 39.5. The highest BCUT2D eigenvalue weighted by molar-refractivity contribution is 7.14. The molecule has 8 nitrogen and oxygen atoms in total. The molecule has 0 saturated carbocycles. The quantitative estimate of drug-likeness (QED) is 0.472. The molecule has 0 spiro atoms. The van der Waals surface area contributed by atoms with Gasteiger partial charge in [-0.1, -0.05) is 11.6 Å². The van der Waals surface area contributed by atoms with Gasteiger partial charge in [0.1, 0.15) is 5.69 Å². The Bertz CT molecular complexity index is 1030. The maximum Gasteiger partial charge on any atom is 0.325 e. The van der Waals surface area contributed by atoms with Gasteiger partial charge in [-0.05, 0) is 48.5 Å². The lowest BCUT2D eigenvalue weighted by Gasteiger charge is -2.06. The molecule has 1 aromatic heterocycles. The lowest BCUT2D eigenvalue weighted by molar-refractivity contribution is -0.114. The first-order valence-corrected chi connectivity index (χ1v) is 9.63. The average Bonchev–Trinajstić information content (AvgIpc) is 3.13. The molecule has 0 aliphatic rings. The fraction of sp³-hybridized carbons (Fsp3) is 0.0526.